The first-order valence-corrected chi connectivity index (χ1v) is 12.6. The SMILES string of the molecule is Cc1cc([C@H]2[C@@H](c3ccccn3)NC(=S)N2c2ccc3c(c2)OCO3)c(C)n1-c1ccccc1Br. The van der Waals surface area contributed by atoms with Crippen molar-refractivity contribution in [2.75, 3.05) is 11.7 Å². The topological polar surface area (TPSA) is 51.6 Å². The number of nitrogens with zero attached hydrogens (tertiary/aromatic N) is 3. The summed E-state index contributed by atoms with van der Waals surface area (Å²) in [6.45, 7) is 4.53. The van der Waals surface area contributed by atoms with E-state index in [9.17, 15) is 0 Å². The van der Waals surface area contributed by atoms with E-state index in [1.165, 1.54) is 5.56 Å². The van der Waals surface area contributed by atoms with Crippen LogP contribution < -0.4 is 19.7 Å². The lowest BCUT2D eigenvalue weighted by Crippen LogP contribution is -2.29. The van der Waals surface area contributed by atoms with Crippen LogP contribution in [0.2, 0.25) is 0 Å². The van der Waals surface area contributed by atoms with Gasteiger partial charge in [-0.3, -0.25) is 4.98 Å². The lowest BCUT2D eigenvalue weighted by atomic mass is 9.96. The second-order valence-electron chi connectivity index (χ2n) is 8.65. The Hall–Kier alpha value is -3.36. The molecule has 176 valence electrons. The van der Waals surface area contributed by atoms with Gasteiger partial charge in [-0.2, -0.15) is 0 Å². The third-order valence-electron chi connectivity index (χ3n) is 6.61. The van der Waals surface area contributed by atoms with E-state index in [4.69, 9.17) is 21.7 Å². The van der Waals surface area contributed by atoms with E-state index in [1.54, 1.807) is 0 Å². The third kappa shape index (κ3) is 3.68. The molecule has 1 saturated heterocycles. The molecule has 8 heteroatoms. The zero-order chi connectivity index (χ0) is 24.1. The minimum atomic E-state index is -0.123. The number of hydrogen-bond donors (Lipinski definition) is 1. The molecule has 4 aromatic rings. The van der Waals surface area contributed by atoms with E-state index in [1.807, 2.05) is 48.7 Å². The van der Waals surface area contributed by atoms with Gasteiger partial charge in [0.25, 0.3) is 0 Å². The van der Waals surface area contributed by atoms with Gasteiger partial charge in [0.15, 0.2) is 16.6 Å². The summed E-state index contributed by atoms with van der Waals surface area (Å²) in [6, 6.07) is 22.2. The molecule has 0 bridgehead atoms. The van der Waals surface area contributed by atoms with Gasteiger partial charge >= 0.3 is 0 Å². The van der Waals surface area contributed by atoms with Crippen LogP contribution >= 0.6 is 28.1 Å². The number of aromatic nitrogens is 2. The van der Waals surface area contributed by atoms with Crippen molar-refractivity contribution in [2.24, 2.45) is 0 Å². The van der Waals surface area contributed by atoms with Crippen molar-refractivity contribution in [3.8, 4) is 17.2 Å². The molecule has 1 fully saturated rings. The molecule has 2 aromatic heterocycles. The number of anilines is 1. The molecule has 2 aliphatic rings. The summed E-state index contributed by atoms with van der Waals surface area (Å²) in [5.74, 6) is 1.47. The van der Waals surface area contributed by atoms with Crippen molar-refractivity contribution in [3.05, 3.63) is 100 Å². The van der Waals surface area contributed by atoms with Gasteiger partial charge in [-0.25, -0.2) is 0 Å². The number of para-hydroxylation sites is 1. The van der Waals surface area contributed by atoms with Crippen molar-refractivity contribution >= 4 is 38.9 Å². The molecular formula is C27H23BrN4O2S. The van der Waals surface area contributed by atoms with Gasteiger partial charge in [0, 0.05) is 33.8 Å². The van der Waals surface area contributed by atoms with Crippen molar-refractivity contribution in [1.29, 1.82) is 0 Å². The zero-order valence-electron chi connectivity index (χ0n) is 19.2. The average molecular weight is 547 g/mol. The summed E-state index contributed by atoms with van der Waals surface area (Å²) < 4.78 is 14.5. The Kier molecular flexibility index (Phi) is 5.50. The number of aryl methyl sites for hydroxylation is 1. The smallest absolute Gasteiger partial charge is 0.231 e. The highest BCUT2D eigenvalue weighted by atomic mass is 79.9. The van der Waals surface area contributed by atoms with Gasteiger partial charge in [-0.05, 0) is 90.0 Å². The molecule has 2 aromatic carbocycles. The lowest BCUT2D eigenvalue weighted by molar-refractivity contribution is 0.174. The van der Waals surface area contributed by atoms with Gasteiger partial charge in [-0.15, -0.1) is 0 Å². The van der Waals surface area contributed by atoms with Gasteiger partial charge in [0.05, 0.1) is 23.5 Å². The fraction of sp³-hybridized carbons (Fsp3) is 0.185. The van der Waals surface area contributed by atoms with Crippen LogP contribution in [-0.2, 0) is 0 Å². The maximum absolute atomic E-state index is 5.90. The third-order valence-corrected chi connectivity index (χ3v) is 7.60. The van der Waals surface area contributed by atoms with Crippen LogP contribution in [0.25, 0.3) is 5.69 Å². The van der Waals surface area contributed by atoms with Crippen LogP contribution in [0.4, 0.5) is 5.69 Å². The quantitative estimate of drug-likeness (QED) is 0.309. The van der Waals surface area contributed by atoms with Crippen LogP contribution in [0.5, 0.6) is 11.5 Å². The van der Waals surface area contributed by atoms with E-state index in [0.717, 1.165) is 44.4 Å². The van der Waals surface area contributed by atoms with Crippen molar-refractivity contribution in [1.82, 2.24) is 14.9 Å². The van der Waals surface area contributed by atoms with Gasteiger partial charge < -0.3 is 24.3 Å². The zero-order valence-corrected chi connectivity index (χ0v) is 21.6. The second kappa shape index (κ2) is 8.70. The van der Waals surface area contributed by atoms with Crippen LogP contribution in [0.3, 0.4) is 0 Å². The summed E-state index contributed by atoms with van der Waals surface area (Å²) in [6.07, 6.45) is 1.82. The monoisotopic (exact) mass is 546 g/mol. The van der Waals surface area contributed by atoms with Crippen LogP contribution in [0.1, 0.15) is 34.7 Å². The van der Waals surface area contributed by atoms with Gasteiger partial charge in [0.2, 0.25) is 6.79 Å². The number of halogens is 1. The number of nitrogens with one attached hydrogen (secondary N) is 1. The highest BCUT2D eigenvalue weighted by molar-refractivity contribution is 9.10. The van der Waals surface area contributed by atoms with Crippen LogP contribution in [-0.4, -0.2) is 21.5 Å². The maximum Gasteiger partial charge on any atom is 0.231 e. The molecule has 0 saturated carbocycles. The first-order valence-electron chi connectivity index (χ1n) is 11.4. The summed E-state index contributed by atoms with van der Waals surface area (Å²) in [5.41, 5.74) is 6.46. The molecule has 2 aliphatic heterocycles. The Balaban J connectivity index is 1.52. The minimum absolute atomic E-state index is 0.111. The van der Waals surface area contributed by atoms with Crippen molar-refractivity contribution in [2.45, 2.75) is 25.9 Å². The Morgan fingerprint density at radius 3 is 2.60 bits per heavy atom. The molecule has 6 rings (SSSR count). The predicted molar refractivity (Wildman–Crippen MR) is 143 cm³/mol. The Morgan fingerprint density at radius 2 is 1.80 bits per heavy atom. The number of pyridine rings is 1. The van der Waals surface area contributed by atoms with Crippen LogP contribution in [0.15, 0.2) is 77.4 Å². The first kappa shape index (κ1) is 22.1. The number of thiocarbonyl (C=S) groups is 1. The molecule has 1 N–H and O–H groups in total. The summed E-state index contributed by atoms with van der Waals surface area (Å²) in [5, 5.41) is 4.19. The molecule has 0 amide bonds. The molecule has 0 unspecified atom stereocenters. The normalized spacial score (nSPS) is 18.7. The minimum Gasteiger partial charge on any atom is -0.454 e. The van der Waals surface area contributed by atoms with Crippen molar-refractivity contribution in [3.63, 3.8) is 0 Å². The summed E-state index contributed by atoms with van der Waals surface area (Å²) >= 11 is 9.63. The Bertz CT molecular complexity index is 1440. The lowest BCUT2D eigenvalue weighted by Gasteiger charge is -2.28. The molecule has 0 spiro atoms. The number of hydrogen-bond acceptors (Lipinski definition) is 4. The fourth-order valence-electron chi connectivity index (χ4n) is 5.07. The van der Waals surface area contributed by atoms with Gasteiger partial charge in [-0.1, -0.05) is 18.2 Å². The second-order valence-corrected chi connectivity index (χ2v) is 9.89. The number of benzene rings is 2. The molecule has 6 nitrogen and oxygen atoms in total. The molecule has 35 heavy (non-hydrogen) atoms. The molecule has 2 atom stereocenters. The highest BCUT2D eigenvalue weighted by Crippen LogP contribution is 2.46. The average Bonchev–Trinajstić information content (AvgIpc) is 3.55. The number of ether oxygens (including phenoxy) is 2. The van der Waals surface area contributed by atoms with E-state index < -0.39 is 0 Å². The number of fused-ring (bicyclic) bond motifs is 1. The van der Waals surface area contributed by atoms with E-state index in [0.29, 0.717) is 5.11 Å². The highest BCUT2D eigenvalue weighted by Gasteiger charge is 2.42. The summed E-state index contributed by atoms with van der Waals surface area (Å²) in [7, 11) is 0. The van der Waals surface area contributed by atoms with E-state index in [-0.39, 0.29) is 18.9 Å². The molecular weight excluding hydrogens is 524 g/mol. The summed E-state index contributed by atoms with van der Waals surface area (Å²) in [4.78, 5) is 6.85. The molecule has 4 heterocycles. The maximum atomic E-state index is 5.90. The predicted octanol–water partition coefficient (Wildman–Crippen LogP) is 6.16. The van der Waals surface area contributed by atoms with E-state index >= 15 is 0 Å². The largest absolute Gasteiger partial charge is 0.454 e. The standard InChI is InChI=1S/C27H23BrN4O2S/c1-16-13-19(17(2)31(16)22-9-4-3-7-20(22)28)26-25(21-8-5-6-12-29-21)30-27(35)32(26)18-10-11-23-24(14-18)34-15-33-23/h3-14,25-26H,15H2,1-2H3,(H,30,35)/t25-,26+/m1/s1. The van der Waals surface area contributed by atoms with Gasteiger partial charge in [0.1, 0.15) is 0 Å². The van der Waals surface area contributed by atoms with Crippen LogP contribution in [0, 0.1) is 13.8 Å². The van der Waals surface area contributed by atoms with Crippen molar-refractivity contribution < 1.29 is 9.47 Å². The molecule has 0 radical (unpaired) electrons. The Labute approximate surface area is 217 Å². The molecule has 0 aliphatic carbocycles. The van der Waals surface area contributed by atoms with E-state index in [2.05, 4.69) is 73.8 Å². The fourth-order valence-corrected chi connectivity index (χ4v) is 5.88. The Morgan fingerprint density at radius 1 is 1.00 bits per heavy atom. The first-order chi connectivity index (χ1) is 17.0. The number of rotatable bonds is 4.